The van der Waals surface area contributed by atoms with Crippen LogP contribution in [-0.4, -0.2) is 40.9 Å². The van der Waals surface area contributed by atoms with Crippen LogP contribution in [0, 0.1) is 0 Å². The molecule has 0 radical (unpaired) electrons. The molecule has 2 aliphatic rings. The molecule has 0 atom stereocenters. The van der Waals surface area contributed by atoms with E-state index in [4.69, 9.17) is 9.31 Å². The Bertz CT molecular complexity index is 846. The first kappa shape index (κ1) is 19.9. The van der Waals surface area contributed by atoms with Gasteiger partial charge in [0.15, 0.2) is 5.12 Å². The summed E-state index contributed by atoms with van der Waals surface area (Å²) >= 11 is 1.15. The molecule has 3 rings (SSSR count). The molecule has 0 unspecified atom stereocenters. The van der Waals surface area contributed by atoms with Crippen molar-refractivity contribution in [3.05, 3.63) is 34.8 Å². The van der Waals surface area contributed by atoms with E-state index in [-0.39, 0.29) is 5.12 Å². The highest BCUT2D eigenvalue weighted by Gasteiger charge is 2.52. The van der Waals surface area contributed by atoms with E-state index in [9.17, 15) is 14.4 Å². The minimum atomic E-state index is -0.641. The second-order valence-corrected chi connectivity index (χ2v) is 8.79. The van der Waals surface area contributed by atoms with E-state index in [2.05, 4.69) is 5.32 Å². The van der Waals surface area contributed by atoms with Gasteiger partial charge >= 0.3 is 7.12 Å². The maximum atomic E-state index is 12.2. The summed E-state index contributed by atoms with van der Waals surface area (Å²) in [4.78, 5) is 35.5. The fourth-order valence-corrected chi connectivity index (χ4v) is 3.49. The van der Waals surface area contributed by atoms with Crippen LogP contribution >= 0.6 is 11.8 Å². The molecule has 0 spiro atoms. The van der Waals surface area contributed by atoms with Crippen molar-refractivity contribution in [3.63, 3.8) is 0 Å². The predicted octanol–water partition coefficient (Wildman–Crippen LogP) is 3.12. The Morgan fingerprint density at radius 2 is 1.81 bits per heavy atom. The number of Topliss-reactive ketones (excluding diaryl/α,β-unsaturated/α-hetero) is 1. The third-order valence-electron chi connectivity index (χ3n) is 5.12. The summed E-state index contributed by atoms with van der Waals surface area (Å²) in [5.41, 5.74) is 1.11. The fraction of sp³-hybridized carbons (Fsp3) is 0.421. The molecule has 1 amide bonds. The highest BCUT2D eigenvalue weighted by molar-refractivity contribution is 8.13. The number of ketones is 1. The fourth-order valence-electron chi connectivity index (χ4n) is 2.90. The average Bonchev–Trinajstić information content (AvgIpc) is 2.96. The number of nitrogens with one attached hydrogen (secondary N) is 1. The molecule has 0 aliphatic carbocycles. The second kappa shape index (κ2) is 6.93. The van der Waals surface area contributed by atoms with E-state index >= 15 is 0 Å². The molecule has 1 saturated heterocycles. The number of amides is 1. The Kier molecular flexibility index (Phi) is 5.09. The lowest BCUT2D eigenvalue weighted by Crippen LogP contribution is -2.41. The van der Waals surface area contributed by atoms with Gasteiger partial charge in [-0.25, -0.2) is 0 Å². The number of fused-ring (bicyclic) bond motifs is 1. The molecule has 8 heteroatoms. The number of anilines is 1. The van der Waals surface area contributed by atoms with E-state index in [0.29, 0.717) is 22.6 Å². The smallest absolute Gasteiger partial charge is 0.400 e. The number of carbonyl (C=O) groups excluding carboxylic acids is 3. The van der Waals surface area contributed by atoms with Gasteiger partial charge in [-0.3, -0.25) is 14.4 Å². The van der Waals surface area contributed by atoms with Gasteiger partial charge in [0, 0.05) is 12.7 Å². The van der Waals surface area contributed by atoms with Crippen molar-refractivity contribution in [1.29, 1.82) is 0 Å². The minimum absolute atomic E-state index is 0.0244. The van der Waals surface area contributed by atoms with Crippen LogP contribution in [0.1, 0.15) is 50.5 Å². The van der Waals surface area contributed by atoms with Gasteiger partial charge in [0.25, 0.3) is 11.7 Å². The molecule has 2 aliphatic heterocycles. The van der Waals surface area contributed by atoms with Crippen LogP contribution in [0.25, 0.3) is 6.08 Å². The number of rotatable bonds is 4. The summed E-state index contributed by atoms with van der Waals surface area (Å²) in [6.45, 7) is 9.31. The molecular weight excluding hydrogens is 365 g/mol. The van der Waals surface area contributed by atoms with Crippen molar-refractivity contribution >= 4 is 47.4 Å². The van der Waals surface area contributed by atoms with Crippen molar-refractivity contribution in [2.75, 3.05) is 11.1 Å². The van der Waals surface area contributed by atoms with E-state index in [0.717, 1.165) is 17.2 Å². The molecular formula is C19H22BNO5S. The lowest BCUT2D eigenvalue weighted by Gasteiger charge is -2.32. The van der Waals surface area contributed by atoms with Crippen LogP contribution in [-0.2, 0) is 18.9 Å². The molecule has 0 aromatic heterocycles. The van der Waals surface area contributed by atoms with Crippen molar-refractivity contribution < 1.29 is 23.7 Å². The van der Waals surface area contributed by atoms with Crippen molar-refractivity contribution in [2.45, 2.75) is 45.8 Å². The molecule has 0 bridgehead atoms. The Balaban J connectivity index is 2.01. The van der Waals surface area contributed by atoms with Gasteiger partial charge in [-0.15, -0.1) is 0 Å². The molecule has 1 fully saturated rings. The zero-order chi connectivity index (χ0) is 20.0. The Morgan fingerprint density at radius 1 is 1.19 bits per heavy atom. The monoisotopic (exact) mass is 387 g/mol. The Labute approximate surface area is 163 Å². The van der Waals surface area contributed by atoms with Crippen LogP contribution in [0.4, 0.5) is 5.69 Å². The predicted molar refractivity (Wildman–Crippen MR) is 107 cm³/mol. The summed E-state index contributed by atoms with van der Waals surface area (Å²) in [7, 11) is -0.641. The highest BCUT2D eigenvalue weighted by Crippen LogP contribution is 2.40. The van der Waals surface area contributed by atoms with Crippen LogP contribution in [0.3, 0.4) is 0 Å². The Morgan fingerprint density at radius 3 is 2.41 bits per heavy atom. The van der Waals surface area contributed by atoms with Gasteiger partial charge in [0.05, 0.1) is 22.5 Å². The first-order valence-corrected chi connectivity index (χ1v) is 9.68. The summed E-state index contributed by atoms with van der Waals surface area (Å²) < 4.78 is 12.2. The van der Waals surface area contributed by atoms with Crippen molar-refractivity contribution in [2.24, 2.45) is 0 Å². The van der Waals surface area contributed by atoms with Gasteiger partial charge < -0.3 is 14.6 Å². The lowest BCUT2D eigenvalue weighted by atomic mass is 9.78. The number of benzene rings is 1. The van der Waals surface area contributed by atoms with Gasteiger partial charge in [-0.1, -0.05) is 30.0 Å². The Hall–Kier alpha value is -1.90. The van der Waals surface area contributed by atoms with Gasteiger partial charge in [0.1, 0.15) is 0 Å². The van der Waals surface area contributed by atoms with Crippen LogP contribution in [0.15, 0.2) is 23.7 Å². The van der Waals surface area contributed by atoms with Crippen molar-refractivity contribution in [3.8, 4) is 0 Å². The summed E-state index contributed by atoms with van der Waals surface area (Å²) in [5, 5.41) is 2.54. The molecule has 2 heterocycles. The maximum absolute atomic E-state index is 12.2. The average molecular weight is 387 g/mol. The zero-order valence-electron chi connectivity index (χ0n) is 16.0. The number of carbonyl (C=O) groups is 3. The third kappa shape index (κ3) is 3.74. The van der Waals surface area contributed by atoms with E-state index in [1.165, 1.54) is 6.92 Å². The first-order chi connectivity index (χ1) is 12.5. The minimum Gasteiger partial charge on any atom is -0.400 e. The second-order valence-electron chi connectivity index (χ2n) is 7.64. The topological polar surface area (TPSA) is 81.7 Å². The first-order valence-electron chi connectivity index (χ1n) is 8.70. The molecule has 1 aromatic carbocycles. The number of hydrogen-bond donors (Lipinski definition) is 1. The number of hydrogen-bond acceptors (Lipinski definition) is 6. The highest BCUT2D eigenvalue weighted by atomic mass is 32.2. The zero-order valence-corrected chi connectivity index (χ0v) is 16.9. The van der Waals surface area contributed by atoms with Crippen LogP contribution < -0.4 is 5.32 Å². The molecule has 1 N–H and O–H groups in total. The quantitative estimate of drug-likeness (QED) is 0.632. The van der Waals surface area contributed by atoms with E-state index in [1.54, 1.807) is 24.3 Å². The van der Waals surface area contributed by atoms with Crippen molar-refractivity contribution in [1.82, 2.24) is 0 Å². The SMILES string of the molecule is CC(=O)SCC(=Cc1cccc2c1C(=O)C(=O)N2)B1OC(C)(C)C(C)(C)O1. The standard InChI is InChI=1S/C19H22BNO5S/c1-11(22)27-10-13(20-25-18(2,3)19(4,5)26-20)9-12-7-6-8-14-15(12)16(23)17(24)21-14/h6-9H,10H2,1-5H3,(H,21,23,24). The van der Waals surface area contributed by atoms with E-state index in [1.807, 2.05) is 27.7 Å². The van der Waals surface area contributed by atoms with Crippen LogP contribution in [0.5, 0.6) is 0 Å². The van der Waals surface area contributed by atoms with Gasteiger partial charge in [-0.2, -0.15) is 0 Å². The van der Waals surface area contributed by atoms with E-state index < -0.39 is 30.0 Å². The lowest BCUT2D eigenvalue weighted by molar-refractivity contribution is -0.112. The summed E-state index contributed by atoms with van der Waals surface area (Å²) in [6, 6.07) is 5.22. The molecule has 142 valence electrons. The maximum Gasteiger partial charge on any atom is 0.491 e. The summed E-state index contributed by atoms with van der Waals surface area (Å²) in [5.74, 6) is -0.837. The molecule has 1 aromatic rings. The van der Waals surface area contributed by atoms with Gasteiger partial charge in [0.2, 0.25) is 0 Å². The van der Waals surface area contributed by atoms with Gasteiger partial charge in [-0.05, 0) is 44.8 Å². The van der Waals surface area contributed by atoms with Crippen LogP contribution in [0.2, 0.25) is 0 Å². The summed E-state index contributed by atoms with van der Waals surface area (Å²) in [6.07, 6.45) is 1.79. The number of thioether (sulfide) groups is 1. The normalized spacial score (nSPS) is 20.6. The molecule has 6 nitrogen and oxygen atoms in total. The largest absolute Gasteiger partial charge is 0.491 e. The molecule has 0 saturated carbocycles. The third-order valence-corrected chi connectivity index (χ3v) is 6.00. The molecule has 27 heavy (non-hydrogen) atoms.